The molecule has 1 atom stereocenters. The van der Waals surface area contributed by atoms with E-state index < -0.39 is 0 Å². The van der Waals surface area contributed by atoms with E-state index in [1.807, 2.05) is 25.1 Å². The van der Waals surface area contributed by atoms with Gasteiger partial charge < -0.3 is 15.8 Å². The molecule has 0 radical (unpaired) electrons. The summed E-state index contributed by atoms with van der Waals surface area (Å²) in [5.74, 6) is 0. The Hall–Kier alpha value is -2.47. The van der Waals surface area contributed by atoms with Crippen LogP contribution in [-0.4, -0.2) is 24.5 Å². The molecule has 3 aromatic rings. The smallest absolute Gasteiger partial charge is 0.168 e. The van der Waals surface area contributed by atoms with Gasteiger partial charge in [-0.15, -0.1) is 0 Å². The average Bonchev–Trinajstić information content (AvgIpc) is 2.70. The normalized spacial score (nSPS) is 12.0. The summed E-state index contributed by atoms with van der Waals surface area (Å²) >= 11 is 5.07. The molecule has 0 saturated carbocycles. The fourth-order valence-corrected chi connectivity index (χ4v) is 3.37. The lowest BCUT2D eigenvalue weighted by Crippen LogP contribution is -2.31. The molecule has 0 aliphatic carbocycles. The van der Waals surface area contributed by atoms with Crippen molar-refractivity contribution >= 4 is 33.8 Å². The largest absolute Gasteiger partial charge is 0.376 e. The highest BCUT2D eigenvalue weighted by atomic mass is 32.1. The van der Waals surface area contributed by atoms with Crippen LogP contribution in [0.1, 0.15) is 18.1 Å². The number of anilines is 1. The third-order valence-corrected chi connectivity index (χ3v) is 4.79. The number of hydrogen-bond donors (Lipinski definition) is 3. The Bertz CT molecular complexity index is 914. The maximum atomic E-state index is 5.95. The number of fused-ring (bicyclic) bond motifs is 1. The van der Waals surface area contributed by atoms with Gasteiger partial charge in [-0.1, -0.05) is 66.7 Å². The van der Waals surface area contributed by atoms with E-state index >= 15 is 0 Å². The van der Waals surface area contributed by atoms with E-state index in [0.29, 0.717) is 6.61 Å². The number of benzene rings is 3. The summed E-state index contributed by atoms with van der Waals surface area (Å²) in [6.07, 6.45) is 1.76. The fraction of sp³-hybridized carbons (Fsp3) is 0.261. The zero-order valence-electron chi connectivity index (χ0n) is 16.2. The highest BCUT2D eigenvalue weighted by Crippen LogP contribution is 2.28. The second-order valence-electron chi connectivity index (χ2n) is 6.76. The van der Waals surface area contributed by atoms with Gasteiger partial charge in [-0.05, 0) is 48.5 Å². The van der Waals surface area contributed by atoms with E-state index in [0.717, 1.165) is 41.4 Å². The maximum absolute atomic E-state index is 5.95. The van der Waals surface area contributed by atoms with Gasteiger partial charge in [0.2, 0.25) is 0 Å². The molecule has 4 N–H and O–H groups in total. The summed E-state index contributed by atoms with van der Waals surface area (Å²) in [4.78, 5) is 0. The Morgan fingerprint density at radius 1 is 1.00 bits per heavy atom. The molecule has 0 heterocycles. The lowest BCUT2D eigenvalue weighted by atomic mass is 10.0. The molecule has 0 aliphatic rings. The van der Waals surface area contributed by atoms with Gasteiger partial charge in [-0.3, -0.25) is 5.32 Å². The van der Waals surface area contributed by atoms with Crippen LogP contribution >= 0.6 is 12.2 Å². The van der Waals surface area contributed by atoms with Gasteiger partial charge in [-0.25, -0.2) is 0 Å². The molecular formula is C23H27N3OS. The molecule has 0 saturated heterocycles. The number of hydrogen-bond acceptors (Lipinski definition) is 3. The van der Waals surface area contributed by atoms with Crippen LogP contribution < -0.4 is 16.4 Å². The van der Waals surface area contributed by atoms with Crippen molar-refractivity contribution in [2.45, 2.75) is 26.0 Å². The van der Waals surface area contributed by atoms with Crippen LogP contribution in [0.15, 0.2) is 66.7 Å². The number of rotatable bonds is 9. The fourth-order valence-electron chi connectivity index (χ4n) is 3.26. The predicted molar refractivity (Wildman–Crippen MR) is 122 cm³/mol. The second-order valence-corrected chi connectivity index (χ2v) is 7.20. The Balaban J connectivity index is 1.53. The van der Waals surface area contributed by atoms with Gasteiger partial charge in [0.05, 0.1) is 12.3 Å². The summed E-state index contributed by atoms with van der Waals surface area (Å²) in [5.41, 5.74) is 9.18. The van der Waals surface area contributed by atoms with Crippen LogP contribution in [0.3, 0.4) is 0 Å². The van der Waals surface area contributed by atoms with Crippen molar-refractivity contribution in [3.05, 3.63) is 77.9 Å². The highest BCUT2D eigenvalue weighted by Gasteiger charge is 2.09. The first-order valence-corrected chi connectivity index (χ1v) is 10.0. The average molecular weight is 394 g/mol. The van der Waals surface area contributed by atoms with E-state index in [4.69, 9.17) is 22.7 Å². The molecule has 28 heavy (non-hydrogen) atoms. The van der Waals surface area contributed by atoms with E-state index in [2.05, 4.69) is 59.2 Å². The molecule has 0 bridgehead atoms. The molecule has 0 aromatic heterocycles. The Labute approximate surface area is 172 Å². The number of nitrogens with two attached hydrogens (primary N) is 1. The van der Waals surface area contributed by atoms with Crippen molar-refractivity contribution in [3.63, 3.8) is 0 Å². The van der Waals surface area contributed by atoms with Crippen molar-refractivity contribution < 1.29 is 4.74 Å². The minimum atomic E-state index is -0.00355. The first kappa shape index (κ1) is 20.3. The molecular weight excluding hydrogens is 366 g/mol. The lowest BCUT2D eigenvalue weighted by Gasteiger charge is -2.17. The highest BCUT2D eigenvalue weighted by molar-refractivity contribution is 7.80. The molecule has 3 rings (SSSR count). The lowest BCUT2D eigenvalue weighted by molar-refractivity contribution is 0.0453. The monoisotopic (exact) mass is 393 g/mol. The van der Waals surface area contributed by atoms with Crippen LogP contribution in [0.4, 0.5) is 5.69 Å². The van der Waals surface area contributed by atoms with Crippen molar-refractivity contribution in [3.8, 4) is 0 Å². The Morgan fingerprint density at radius 2 is 1.75 bits per heavy atom. The second kappa shape index (κ2) is 10.2. The quantitative estimate of drug-likeness (QED) is 0.375. The Kier molecular flexibility index (Phi) is 7.37. The topological polar surface area (TPSA) is 59.3 Å². The van der Waals surface area contributed by atoms with Gasteiger partial charge in [0.25, 0.3) is 0 Å². The van der Waals surface area contributed by atoms with Crippen LogP contribution in [0.25, 0.3) is 10.8 Å². The van der Waals surface area contributed by atoms with Crippen LogP contribution in [0.5, 0.6) is 0 Å². The van der Waals surface area contributed by atoms with Gasteiger partial charge in [0.1, 0.15) is 6.23 Å². The van der Waals surface area contributed by atoms with E-state index in [1.54, 1.807) is 0 Å². The molecule has 0 spiro atoms. The van der Waals surface area contributed by atoms with E-state index in [1.165, 1.54) is 5.56 Å². The predicted octanol–water partition coefficient (Wildman–Crippen LogP) is 4.23. The number of thiocarbonyl (C=S) groups is 1. The molecule has 3 aromatic carbocycles. The first-order chi connectivity index (χ1) is 13.6. The Morgan fingerprint density at radius 3 is 2.54 bits per heavy atom. The van der Waals surface area contributed by atoms with Gasteiger partial charge in [0.15, 0.2) is 5.11 Å². The maximum Gasteiger partial charge on any atom is 0.168 e. The summed E-state index contributed by atoms with van der Waals surface area (Å²) in [5, 5.41) is 9.10. The van der Waals surface area contributed by atoms with Crippen molar-refractivity contribution in [2.24, 2.45) is 5.73 Å². The zero-order valence-corrected chi connectivity index (χ0v) is 17.0. The SMILES string of the molecule is CC(NCCc1ccccc1)OCCc1ccc2ccccc2c1NC(N)=S. The molecule has 1 unspecified atom stereocenters. The number of ether oxygens (including phenoxy) is 1. The molecule has 0 amide bonds. The molecule has 0 aliphatic heterocycles. The molecule has 5 heteroatoms. The zero-order chi connectivity index (χ0) is 19.8. The minimum Gasteiger partial charge on any atom is -0.376 e. The minimum absolute atomic E-state index is 0.00355. The third kappa shape index (κ3) is 5.76. The standard InChI is InChI=1S/C23H27N3OS/c1-17(25-15-13-18-7-3-2-4-8-18)27-16-14-20-12-11-19-9-5-6-10-21(19)22(20)26-23(24)28/h2-12,17,25H,13-16H2,1H3,(H3,24,26,28). The molecule has 146 valence electrons. The summed E-state index contributed by atoms with van der Waals surface area (Å²) in [6, 6.07) is 22.9. The first-order valence-electron chi connectivity index (χ1n) is 9.59. The van der Waals surface area contributed by atoms with Gasteiger partial charge >= 0.3 is 0 Å². The van der Waals surface area contributed by atoms with E-state index in [9.17, 15) is 0 Å². The molecule has 4 nitrogen and oxygen atoms in total. The van der Waals surface area contributed by atoms with Crippen molar-refractivity contribution in [2.75, 3.05) is 18.5 Å². The van der Waals surface area contributed by atoms with Crippen LogP contribution in [0, 0.1) is 0 Å². The third-order valence-electron chi connectivity index (χ3n) is 4.69. The van der Waals surface area contributed by atoms with Crippen LogP contribution in [-0.2, 0) is 17.6 Å². The summed E-state index contributed by atoms with van der Waals surface area (Å²) in [7, 11) is 0. The van der Waals surface area contributed by atoms with Crippen LogP contribution in [0.2, 0.25) is 0 Å². The van der Waals surface area contributed by atoms with Gasteiger partial charge in [-0.2, -0.15) is 0 Å². The summed E-state index contributed by atoms with van der Waals surface area (Å²) < 4.78 is 5.95. The van der Waals surface area contributed by atoms with Crippen molar-refractivity contribution in [1.29, 1.82) is 0 Å². The van der Waals surface area contributed by atoms with E-state index in [-0.39, 0.29) is 11.3 Å². The van der Waals surface area contributed by atoms with Crippen molar-refractivity contribution in [1.82, 2.24) is 5.32 Å². The molecule has 0 fully saturated rings. The van der Waals surface area contributed by atoms with Gasteiger partial charge in [0, 0.05) is 11.9 Å². The number of nitrogens with one attached hydrogen (secondary N) is 2. The summed E-state index contributed by atoms with van der Waals surface area (Å²) in [6.45, 7) is 3.54.